The lowest BCUT2D eigenvalue weighted by molar-refractivity contribution is 0.580. The lowest BCUT2D eigenvalue weighted by atomic mass is 10.3. The fraction of sp³-hybridized carbons (Fsp3) is 0.0769. The lowest BCUT2D eigenvalue weighted by Crippen LogP contribution is -2.06. The Balaban J connectivity index is 1.85. The van der Waals surface area contributed by atoms with Crippen molar-refractivity contribution in [3.63, 3.8) is 0 Å². The quantitative estimate of drug-likeness (QED) is 0.591. The van der Waals surface area contributed by atoms with Gasteiger partial charge in [-0.25, -0.2) is 9.67 Å². The molecule has 0 fully saturated rings. The maximum atomic E-state index is 5.79. The number of aromatic nitrogens is 7. The van der Waals surface area contributed by atoms with Crippen molar-refractivity contribution in [2.24, 2.45) is 0 Å². The van der Waals surface area contributed by atoms with Gasteiger partial charge < -0.3 is 10.2 Å². The van der Waals surface area contributed by atoms with Crippen molar-refractivity contribution in [1.29, 1.82) is 0 Å². The van der Waals surface area contributed by atoms with E-state index in [1.807, 2.05) is 0 Å². The molecule has 0 saturated heterocycles. The van der Waals surface area contributed by atoms with E-state index in [2.05, 4.69) is 30.2 Å². The Bertz CT molecular complexity index is 916. The van der Waals surface area contributed by atoms with Crippen LogP contribution in [0, 0.1) is 0 Å². The maximum Gasteiger partial charge on any atom is 0.222 e. The van der Waals surface area contributed by atoms with Crippen molar-refractivity contribution in [3.8, 4) is 11.5 Å². The molecule has 0 amide bonds. The first-order valence-electron chi connectivity index (χ1n) is 6.47. The first-order valence-corrected chi connectivity index (χ1v) is 6.47. The average molecular weight is 294 g/mol. The van der Waals surface area contributed by atoms with Crippen LogP contribution in [0.1, 0.15) is 5.69 Å². The summed E-state index contributed by atoms with van der Waals surface area (Å²) >= 11 is 0. The molecule has 4 aromatic heterocycles. The third kappa shape index (κ3) is 2.04. The van der Waals surface area contributed by atoms with E-state index in [0.29, 0.717) is 29.2 Å². The standard InChI is InChI=1S/C13H10N8O/c14-13-17-10(9-2-1-5-22-9)11-12(18-13)21(20-19-11)7-8-6-15-3-4-16-8/h1-6H,7H2,(H2,14,17,18). The molecule has 22 heavy (non-hydrogen) atoms. The molecule has 108 valence electrons. The number of furan rings is 1. The predicted molar refractivity (Wildman–Crippen MR) is 76.4 cm³/mol. The van der Waals surface area contributed by atoms with Crippen molar-refractivity contribution < 1.29 is 4.42 Å². The molecule has 4 rings (SSSR count). The van der Waals surface area contributed by atoms with Crippen LogP contribution in [0.4, 0.5) is 5.95 Å². The molecule has 0 saturated carbocycles. The van der Waals surface area contributed by atoms with Gasteiger partial charge in [-0.3, -0.25) is 9.97 Å². The van der Waals surface area contributed by atoms with E-state index in [1.54, 1.807) is 41.7 Å². The van der Waals surface area contributed by atoms with Gasteiger partial charge in [-0.15, -0.1) is 5.10 Å². The largest absolute Gasteiger partial charge is 0.463 e. The Morgan fingerprint density at radius 2 is 2.18 bits per heavy atom. The molecule has 4 heterocycles. The van der Waals surface area contributed by atoms with Crippen LogP contribution in [-0.4, -0.2) is 34.9 Å². The molecule has 0 aliphatic heterocycles. The molecule has 0 unspecified atom stereocenters. The van der Waals surface area contributed by atoms with Gasteiger partial charge >= 0.3 is 0 Å². The second-order valence-electron chi connectivity index (χ2n) is 4.52. The number of fused-ring (bicyclic) bond motifs is 1. The van der Waals surface area contributed by atoms with Crippen molar-refractivity contribution in [1.82, 2.24) is 34.9 Å². The highest BCUT2D eigenvalue weighted by atomic mass is 16.3. The second kappa shape index (κ2) is 4.88. The van der Waals surface area contributed by atoms with E-state index in [4.69, 9.17) is 10.2 Å². The summed E-state index contributed by atoms with van der Waals surface area (Å²) in [5, 5.41) is 8.24. The monoisotopic (exact) mass is 294 g/mol. The number of nitrogens with two attached hydrogens (primary N) is 1. The average Bonchev–Trinajstić information content (AvgIpc) is 3.18. The van der Waals surface area contributed by atoms with Crippen molar-refractivity contribution in [2.45, 2.75) is 6.54 Å². The summed E-state index contributed by atoms with van der Waals surface area (Å²) in [6.07, 6.45) is 6.44. The van der Waals surface area contributed by atoms with E-state index >= 15 is 0 Å². The number of rotatable bonds is 3. The second-order valence-corrected chi connectivity index (χ2v) is 4.52. The van der Waals surface area contributed by atoms with Crippen LogP contribution in [-0.2, 0) is 6.54 Å². The predicted octanol–water partition coefficient (Wildman–Crippen LogP) is 0.902. The topological polar surface area (TPSA) is 121 Å². The molecule has 9 nitrogen and oxygen atoms in total. The molecule has 0 spiro atoms. The van der Waals surface area contributed by atoms with Gasteiger partial charge in [-0.2, -0.15) is 4.98 Å². The van der Waals surface area contributed by atoms with Crippen molar-refractivity contribution in [2.75, 3.05) is 5.73 Å². The molecule has 0 bridgehead atoms. The molecule has 4 aromatic rings. The Morgan fingerprint density at radius 1 is 1.23 bits per heavy atom. The van der Waals surface area contributed by atoms with Crippen LogP contribution in [0.2, 0.25) is 0 Å². The van der Waals surface area contributed by atoms with Gasteiger partial charge in [0.1, 0.15) is 5.69 Å². The third-order valence-corrected chi connectivity index (χ3v) is 3.06. The zero-order valence-corrected chi connectivity index (χ0v) is 11.3. The Hall–Kier alpha value is -3.36. The van der Waals surface area contributed by atoms with Crippen LogP contribution in [0.3, 0.4) is 0 Å². The molecular formula is C13H10N8O. The molecule has 0 aromatic carbocycles. The van der Waals surface area contributed by atoms with E-state index in [0.717, 1.165) is 5.69 Å². The molecule has 0 radical (unpaired) electrons. The van der Waals surface area contributed by atoms with E-state index < -0.39 is 0 Å². The first kappa shape index (κ1) is 12.4. The summed E-state index contributed by atoms with van der Waals surface area (Å²) < 4.78 is 6.97. The number of hydrogen-bond donors (Lipinski definition) is 1. The number of nitrogen functional groups attached to an aromatic ring is 1. The van der Waals surface area contributed by atoms with Gasteiger partial charge in [-0.05, 0) is 12.1 Å². The zero-order valence-electron chi connectivity index (χ0n) is 11.3. The van der Waals surface area contributed by atoms with Crippen LogP contribution in [0.25, 0.3) is 22.6 Å². The Labute approximate surface area is 123 Å². The first-order chi connectivity index (χ1) is 10.8. The Kier molecular flexibility index (Phi) is 2.75. The SMILES string of the molecule is Nc1nc(-c2ccco2)c2nnn(Cc3cnccn3)c2n1. The minimum atomic E-state index is 0.126. The summed E-state index contributed by atoms with van der Waals surface area (Å²) in [6.45, 7) is 0.387. The zero-order chi connectivity index (χ0) is 14.9. The van der Waals surface area contributed by atoms with Crippen molar-refractivity contribution in [3.05, 3.63) is 42.7 Å². The molecule has 0 aliphatic rings. The number of hydrogen-bond acceptors (Lipinski definition) is 8. The summed E-state index contributed by atoms with van der Waals surface area (Å²) in [4.78, 5) is 16.6. The highest BCUT2D eigenvalue weighted by Crippen LogP contribution is 2.25. The summed E-state index contributed by atoms with van der Waals surface area (Å²) in [5.74, 6) is 0.687. The smallest absolute Gasteiger partial charge is 0.222 e. The fourth-order valence-corrected chi connectivity index (χ4v) is 2.13. The Morgan fingerprint density at radius 3 is 2.95 bits per heavy atom. The summed E-state index contributed by atoms with van der Waals surface area (Å²) in [6, 6.07) is 3.55. The van der Waals surface area contributed by atoms with E-state index in [9.17, 15) is 0 Å². The van der Waals surface area contributed by atoms with Crippen LogP contribution in [0.15, 0.2) is 41.4 Å². The highest BCUT2D eigenvalue weighted by molar-refractivity contribution is 5.85. The van der Waals surface area contributed by atoms with Gasteiger partial charge in [0.2, 0.25) is 5.95 Å². The van der Waals surface area contributed by atoms with Crippen molar-refractivity contribution >= 4 is 17.1 Å². The lowest BCUT2D eigenvalue weighted by Gasteiger charge is -2.02. The summed E-state index contributed by atoms with van der Waals surface area (Å²) in [5.41, 5.74) is 8.08. The van der Waals surface area contributed by atoms with E-state index in [1.165, 1.54) is 0 Å². The van der Waals surface area contributed by atoms with Crippen LogP contribution < -0.4 is 5.73 Å². The van der Waals surface area contributed by atoms with Gasteiger partial charge in [0.25, 0.3) is 0 Å². The molecule has 0 atom stereocenters. The number of anilines is 1. The minimum Gasteiger partial charge on any atom is -0.463 e. The minimum absolute atomic E-state index is 0.126. The molecular weight excluding hydrogens is 284 g/mol. The van der Waals surface area contributed by atoms with Crippen LogP contribution in [0.5, 0.6) is 0 Å². The van der Waals surface area contributed by atoms with Gasteiger partial charge in [-0.1, -0.05) is 5.21 Å². The molecule has 9 heteroatoms. The maximum absolute atomic E-state index is 5.79. The molecule has 0 aliphatic carbocycles. The normalized spacial score (nSPS) is 11.1. The fourth-order valence-electron chi connectivity index (χ4n) is 2.13. The van der Waals surface area contributed by atoms with E-state index in [-0.39, 0.29) is 5.95 Å². The van der Waals surface area contributed by atoms with Gasteiger partial charge in [0, 0.05) is 12.4 Å². The molecule has 2 N–H and O–H groups in total. The van der Waals surface area contributed by atoms with Gasteiger partial charge in [0.15, 0.2) is 16.9 Å². The summed E-state index contributed by atoms with van der Waals surface area (Å²) in [7, 11) is 0. The highest BCUT2D eigenvalue weighted by Gasteiger charge is 2.17. The van der Waals surface area contributed by atoms with Crippen LogP contribution >= 0.6 is 0 Å². The number of nitrogens with zero attached hydrogens (tertiary/aromatic N) is 7. The third-order valence-electron chi connectivity index (χ3n) is 3.06. The van der Waals surface area contributed by atoms with Gasteiger partial charge in [0.05, 0.1) is 24.7 Å².